The summed E-state index contributed by atoms with van der Waals surface area (Å²) >= 11 is 0. The first-order valence-electron chi connectivity index (χ1n) is 5.20. The standard InChI is InChI=1S/C12H14N2O/c1-8-7-11(6-3-9(2)15)14-12(13-8)10-4-5-10/h7,9-10,15H,4-5H2,1-2H3. The average molecular weight is 202 g/mol. The average Bonchev–Trinajstić information content (AvgIpc) is 2.97. The molecule has 15 heavy (non-hydrogen) atoms. The molecule has 0 aromatic carbocycles. The van der Waals surface area contributed by atoms with E-state index in [-0.39, 0.29) is 0 Å². The second kappa shape index (κ2) is 4.00. The number of aromatic nitrogens is 2. The lowest BCUT2D eigenvalue weighted by Gasteiger charge is -1.99. The van der Waals surface area contributed by atoms with Gasteiger partial charge in [0.05, 0.1) is 0 Å². The van der Waals surface area contributed by atoms with E-state index in [1.807, 2.05) is 13.0 Å². The largest absolute Gasteiger partial charge is 0.381 e. The molecule has 0 aliphatic heterocycles. The Kier molecular flexibility index (Phi) is 2.70. The molecule has 1 aliphatic rings. The Balaban J connectivity index is 2.28. The lowest BCUT2D eigenvalue weighted by molar-refractivity contribution is 0.253. The van der Waals surface area contributed by atoms with Crippen molar-refractivity contribution in [1.29, 1.82) is 0 Å². The van der Waals surface area contributed by atoms with Gasteiger partial charge in [-0.1, -0.05) is 5.92 Å². The molecular formula is C12H14N2O. The van der Waals surface area contributed by atoms with Crippen LogP contribution < -0.4 is 0 Å². The lowest BCUT2D eigenvalue weighted by atomic mass is 10.3. The Labute approximate surface area is 89.6 Å². The van der Waals surface area contributed by atoms with Crippen molar-refractivity contribution in [3.63, 3.8) is 0 Å². The molecule has 1 atom stereocenters. The van der Waals surface area contributed by atoms with Gasteiger partial charge in [0.1, 0.15) is 17.6 Å². The van der Waals surface area contributed by atoms with Crippen LogP contribution in [0.1, 0.15) is 42.9 Å². The fourth-order valence-corrected chi connectivity index (χ4v) is 1.36. The highest BCUT2D eigenvalue weighted by atomic mass is 16.3. The summed E-state index contributed by atoms with van der Waals surface area (Å²) in [5.41, 5.74) is 1.66. The molecule has 1 aromatic heterocycles. The van der Waals surface area contributed by atoms with E-state index >= 15 is 0 Å². The van der Waals surface area contributed by atoms with Gasteiger partial charge in [0.15, 0.2) is 0 Å². The summed E-state index contributed by atoms with van der Waals surface area (Å²) < 4.78 is 0. The van der Waals surface area contributed by atoms with Crippen molar-refractivity contribution >= 4 is 0 Å². The summed E-state index contributed by atoms with van der Waals surface area (Å²) in [6, 6.07) is 1.85. The van der Waals surface area contributed by atoms with Crippen molar-refractivity contribution < 1.29 is 5.11 Å². The summed E-state index contributed by atoms with van der Waals surface area (Å²) in [6.07, 6.45) is 1.77. The summed E-state index contributed by atoms with van der Waals surface area (Å²) in [6.45, 7) is 3.59. The van der Waals surface area contributed by atoms with Gasteiger partial charge in [0, 0.05) is 11.6 Å². The number of hydrogen-bond acceptors (Lipinski definition) is 3. The molecule has 1 heterocycles. The number of rotatable bonds is 1. The normalized spacial score (nSPS) is 16.7. The maximum absolute atomic E-state index is 9.06. The monoisotopic (exact) mass is 202 g/mol. The highest BCUT2D eigenvalue weighted by Crippen LogP contribution is 2.37. The molecule has 1 N–H and O–H groups in total. The zero-order valence-electron chi connectivity index (χ0n) is 8.99. The molecule has 78 valence electrons. The van der Waals surface area contributed by atoms with Gasteiger partial charge in [-0.3, -0.25) is 0 Å². The van der Waals surface area contributed by atoms with Crippen molar-refractivity contribution in [2.75, 3.05) is 0 Å². The van der Waals surface area contributed by atoms with Gasteiger partial charge in [-0.25, -0.2) is 9.97 Å². The summed E-state index contributed by atoms with van der Waals surface area (Å²) in [4.78, 5) is 8.75. The molecular weight excluding hydrogens is 188 g/mol. The van der Waals surface area contributed by atoms with E-state index < -0.39 is 6.10 Å². The Morgan fingerprint density at radius 1 is 1.47 bits per heavy atom. The lowest BCUT2D eigenvalue weighted by Crippen LogP contribution is -1.99. The summed E-state index contributed by atoms with van der Waals surface area (Å²) in [5, 5.41) is 9.06. The zero-order chi connectivity index (χ0) is 10.8. The maximum atomic E-state index is 9.06. The Morgan fingerprint density at radius 3 is 2.80 bits per heavy atom. The van der Waals surface area contributed by atoms with E-state index in [1.165, 1.54) is 12.8 Å². The van der Waals surface area contributed by atoms with Crippen LogP contribution in [0.2, 0.25) is 0 Å². The number of aliphatic hydroxyl groups is 1. The first kappa shape index (κ1) is 10.1. The highest BCUT2D eigenvalue weighted by Gasteiger charge is 2.26. The Morgan fingerprint density at radius 2 is 2.20 bits per heavy atom. The van der Waals surface area contributed by atoms with E-state index in [0.717, 1.165) is 11.5 Å². The third kappa shape index (κ3) is 2.77. The molecule has 1 aromatic rings. The maximum Gasteiger partial charge on any atom is 0.133 e. The van der Waals surface area contributed by atoms with Gasteiger partial charge in [-0.2, -0.15) is 0 Å². The minimum atomic E-state index is -0.607. The van der Waals surface area contributed by atoms with Gasteiger partial charge in [-0.15, -0.1) is 0 Å². The third-order valence-corrected chi connectivity index (χ3v) is 2.22. The van der Waals surface area contributed by atoms with Gasteiger partial charge >= 0.3 is 0 Å². The molecule has 0 bridgehead atoms. The first-order chi connectivity index (χ1) is 7.15. The first-order valence-corrected chi connectivity index (χ1v) is 5.20. The molecule has 1 fully saturated rings. The second-order valence-electron chi connectivity index (χ2n) is 3.97. The van der Waals surface area contributed by atoms with Crippen molar-refractivity contribution in [2.45, 2.75) is 38.7 Å². The highest BCUT2D eigenvalue weighted by molar-refractivity contribution is 5.30. The number of aryl methyl sites for hydroxylation is 1. The third-order valence-electron chi connectivity index (χ3n) is 2.22. The van der Waals surface area contributed by atoms with E-state index in [2.05, 4.69) is 21.8 Å². The van der Waals surface area contributed by atoms with E-state index in [0.29, 0.717) is 11.6 Å². The smallest absolute Gasteiger partial charge is 0.133 e. The fourth-order valence-electron chi connectivity index (χ4n) is 1.36. The zero-order valence-corrected chi connectivity index (χ0v) is 8.99. The van der Waals surface area contributed by atoms with E-state index in [4.69, 9.17) is 5.11 Å². The van der Waals surface area contributed by atoms with Crippen LogP contribution in [0.15, 0.2) is 6.07 Å². The molecule has 1 aliphatic carbocycles. The molecule has 3 nitrogen and oxygen atoms in total. The van der Waals surface area contributed by atoms with Gasteiger partial charge in [0.25, 0.3) is 0 Å². The molecule has 0 spiro atoms. The van der Waals surface area contributed by atoms with Crippen LogP contribution in [0, 0.1) is 18.8 Å². The summed E-state index contributed by atoms with van der Waals surface area (Å²) in [7, 11) is 0. The molecule has 0 saturated heterocycles. The van der Waals surface area contributed by atoms with Crippen LogP contribution in [0.25, 0.3) is 0 Å². The molecule has 1 saturated carbocycles. The van der Waals surface area contributed by atoms with Gasteiger partial charge in [-0.05, 0) is 38.7 Å². The quantitative estimate of drug-likeness (QED) is 0.700. The Hall–Kier alpha value is -1.40. The molecule has 2 rings (SSSR count). The van der Waals surface area contributed by atoms with Crippen LogP contribution >= 0.6 is 0 Å². The van der Waals surface area contributed by atoms with Gasteiger partial charge < -0.3 is 5.11 Å². The number of hydrogen-bond donors (Lipinski definition) is 1. The molecule has 0 radical (unpaired) electrons. The fraction of sp³-hybridized carbons (Fsp3) is 0.500. The minimum Gasteiger partial charge on any atom is -0.381 e. The van der Waals surface area contributed by atoms with Crippen molar-refractivity contribution in [2.24, 2.45) is 0 Å². The molecule has 1 unspecified atom stereocenters. The topological polar surface area (TPSA) is 46.0 Å². The predicted molar refractivity (Wildman–Crippen MR) is 57.3 cm³/mol. The Bertz CT molecular complexity index is 425. The SMILES string of the molecule is Cc1cc(C#CC(C)O)nc(C2CC2)n1. The van der Waals surface area contributed by atoms with Crippen LogP contribution in [-0.4, -0.2) is 21.2 Å². The van der Waals surface area contributed by atoms with Crippen molar-refractivity contribution in [3.8, 4) is 11.8 Å². The van der Waals surface area contributed by atoms with E-state index in [1.54, 1.807) is 6.92 Å². The number of nitrogens with zero attached hydrogens (tertiary/aromatic N) is 2. The van der Waals surface area contributed by atoms with Crippen LogP contribution in [0.3, 0.4) is 0 Å². The summed E-state index contributed by atoms with van der Waals surface area (Å²) in [5.74, 6) is 6.99. The van der Waals surface area contributed by atoms with Crippen molar-refractivity contribution in [1.82, 2.24) is 9.97 Å². The van der Waals surface area contributed by atoms with E-state index in [9.17, 15) is 0 Å². The van der Waals surface area contributed by atoms with Crippen LogP contribution in [-0.2, 0) is 0 Å². The van der Waals surface area contributed by atoms with Crippen LogP contribution in [0.5, 0.6) is 0 Å². The van der Waals surface area contributed by atoms with Crippen molar-refractivity contribution in [3.05, 3.63) is 23.3 Å². The van der Waals surface area contributed by atoms with Crippen LogP contribution in [0.4, 0.5) is 0 Å². The number of aliphatic hydroxyl groups excluding tert-OH is 1. The molecule has 0 amide bonds. The second-order valence-corrected chi connectivity index (χ2v) is 3.97. The molecule has 3 heteroatoms. The van der Waals surface area contributed by atoms with Gasteiger partial charge in [0.2, 0.25) is 0 Å². The minimum absolute atomic E-state index is 0.539. The predicted octanol–water partition coefficient (Wildman–Crippen LogP) is 1.39.